The molecule has 0 saturated heterocycles. The first-order valence-corrected chi connectivity index (χ1v) is 6.51. The van der Waals surface area contributed by atoms with E-state index in [0.717, 1.165) is 18.2 Å². The molecule has 0 aliphatic heterocycles. The Morgan fingerprint density at radius 2 is 2.11 bits per heavy atom. The van der Waals surface area contributed by atoms with Gasteiger partial charge >= 0.3 is 0 Å². The van der Waals surface area contributed by atoms with Crippen molar-refractivity contribution in [2.75, 3.05) is 6.61 Å². The zero-order valence-corrected chi connectivity index (χ0v) is 10.4. The van der Waals surface area contributed by atoms with E-state index in [0.29, 0.717) is 0 Å². The Kier molecular flexibility index (Phi) is 4.25. The predicted octanol–water partition coefficient (Wildman–Crippen LogP) is -0.0267. The number of carbonyl (C=O) groups excluding carboxylic acids is 1. The van der Waals surface area contributed by atoms with Crippen molar-refractivity contribution in [3.05, 3.63) is 24.0 Å². The van der Waals surface area contributed by atoms with Gasteiger partial charge < -0.3 is 10.5 Å². The van der Waals surface area contributed by atoms with E-state index in [-0.39, 0.29) is 17.3 Å². The van der Waals surface area contributed by atoms with Gasteiger partial charge in [0.2, 0.25) is 15.9 Å². The first kappa shape index (κ1) is 14.4. The minimum Gasteiger partial charge on any atom is -0.490 e. The van der Waals surface area contributed by atoms with Crippen LogP contribution in [0.3, 0.4) is 0 Å². The Morgan fingerprint density at radius 3 is 2.56 bits per heavy atom. The molecule has 1 amide bonds. The Balaban J connectivity index is 2.84. The lowest BCUT2D eigenvalue weighted by Crippen LogP contribution is -2.26. The number of primary sulfonamides is 1. The standard InChI is InChI=1S/C10H13FN2O4S/c1-6(10(12)14)5-17-9-3-2-7(4-8(9)11)18(13,15)16/h2-4,6H,5H2,1H3,(H2,12,14)(H2,13,15,16). The second kappa shape index (κ2) is 5.32. The smallest absolute Gasteiger partial charge is 0.238 e. The van der Waals surface area contributed by atoms with Crippen molar-refractivity contribution >= 4 is 15.9 Å². The van der Waals surface area contributed by atoms with Crippen molar-refractivity contribution in [3.63, 3.8) is 0 Å². The summed E-state index contributed by atoms with van der Waals surface area (Å²) in [5.41, 5.74) is 5.01. The van der Waals surface area contributed by atoms with Crippen LogP contribution in [0, 0.1) is 11.7 Å². The van der Waals surface area contributed by atoms with Gasteiger partial charge in [-0.1, -0.05) is 6.92 Å². The predicted molar refractivity (Wildman–Crippen MR) is 61.6 cm³/mol. The summed E-state index contributed by atoms with van der Waals surface area (Å²) in [6.07, 6.45) is 0. The second-order valence-electron chi connectivity index (χ2n) is 3.75. The molecule has 0 saturated carbocycles. The van der Waals surface area contributed by atoms with Gasteiger partial charge in [0.1, 0.15) is 0 Å². The molecule has 8 heteroatoms. The van der Waals surface area contributed by atoms with Crippen molar-refractivity contribution in [2.24, 2.45) is 16.8 Å². The van der Waals surface area contributed by atoms with E-state index >= 15 is 0 Å². The van der Waals surface area contributed by atoms with Gasteiger partial charge in [-0.2, -0.15) is 0 Å². The van der Waals surface area contributed by atoms with Crippen LogP contribution in [0.4, 0.5) is 4.39 Å². The van der Waals surface area contributed by atoms with E-state index in [9.17, 15) is 17.6 Å². The molecule has 4 N–H and O–H groups in total. The number of primary amides is 1. The number of hydrogen-bond donors (Lipinski definition) is 2. The van der Waals surface area contributed by atoms with Crippen LogP contribution in [-0.2, 0) is 14.8 Å². The third-order valence-electron chi connectivity index (χ3n) is 2.21. The summed E-state index contributed by atoms with van der Waals surface area (Å²) in [5.74, 6) is -2.20. The average molecular weight is 276 g/mol. The summed E-state index contributed by atoms with van der Waals surface area (Å²) in [4.78, 5) is 10.4. The molecule has 1 aromatic carbocycles. The number of rotatable bonds is 5. The van der Waals surface area contributed by atoms with Gasteiger partial charge in [0, 0.05) is 0 Å². The third kappa shape index (κ3) is 3.67. The van der Waals surface area contributed by atoms with E-state index in [4.69, 9.17) is 15.6 Å². The van der Waals surface area contributed by atoms with Gasteiger partial charge in [-0.25, -0.2) is 17.9 Å². The van der Waals surface area contributed by atoms with Crippen LogP contribution < -0.4 is 15.6 Å². The maximum atomic E-state index is 13.5. The summed E-state index contributed by atoms with van der Waals surface area (Å²) in [6.45, 7) is 1.43. The summed E-state index contributed by atoms with van der Waals surface area (Å²) in [6, 6.07) is 2.99. The van der Waals surface area contributed by atoms with Gasteiger partial charge in [-0.15, -0.1) is 0 Å². The first-order valence-electron chi connectivity index (χ1n) is 4.96. The molecule has 0 spiro atoms. The molecule has 0 fully saturated rings. The highest BCUT2D eigenvalue weighted by Crippen LogP contribution is 2.20. The van der Waals surface area contributed by atoms with Crippen LogP contribution in [0.5, 0.6) is 5.75 Å². The highest BCUT2D eigenvalue weighted by atomic mass is 32.2. The fraction of sp³-hybridized carbons (Fsp3) is 0.300. The number of hydrogen-bond acceptors (Lipinski definition) is 4. The minimum atomic E-state index is -3.96. The maximum absolute atomic E-state index is 13.5. The topological polar surface area (TPSA) is 112 Å². The highest BCUT2D eigenvalue weighted by molar-refractivity contribution is 7.89. The van der Waals surface area contributed by atoms with E-state index in [1.54, 1.807) is 0 Å². The molecular formula is C10H13FN2O4S. The third-order valence-corrected chi connectivity index (χ3v) is 3.12. The number of nitrogens with two attached hydrogens (primary N) is 2. The summed E-state index contributed by atoms with van der Waals surface area (Å²) >= 11 is 0. The molecule has 100 valence electrons. The van der Waals surface area contributed by atoms with Crippen LogP contribution in [0.1, 0.15) is 6.92 Å². The van der Waals surface area contributed by atoms with Gasteiger partial charge in [0.15, 0.2) is 11.6 Å². The van der Waals surface area contributed by atoms with Crippen molar-refractivity contribution in [1.29, 1.82) is 0 Å². The molecule has 1 rings (SSSR count). The monoisotopic (exact) mass is 276 g/mol. The molecule has 1 atom stereocenters. The van der Waals surface area contributed by atoms with Gasteiger partial charge in [0.05, 0.1) is 17.4 Å². The second-order valence-corrected chi connectivity index (χ2v) is 5.31. The normalized spacial score (nSPS) is 13.1. The maximum Gasteiger partial charge on any atom is 0.238 e. The average Bonchev–Trinajstić information content (AvgIpc) is 2.25. The fourth-order valence-electron chi connectivity index (χ4n) is 1.07. The molecule has 0 heterocycles. The molecule has 0 radical (unpaired) electrons. The fourth-order valence-corrected chi connectivity index (χ4v) is 1.60. The lowest BCUT2D eigenvalue weighted by Gasteiger charge is -2.11. The van der Waals surface area contributed by atoms with Crippen molar-refractivity contribution < 1.29 is 22.3 Å². The van der Waals surface area contributed by atoms with Crippen LogP contribution in [-0.4, -0.2) is 20.9 Å². The van der Waals surface area contributed by atoms with E-state index in [1.807, 2.05) is 0 Å². The largest absolute Gasteiger partial charge is 0.490 e. The Morgan fingerprint density at radius 1 is 1.50 bits per heavy atom. The molecule has 0 bridgehead atoms. The quantitative estimate of drug-likeness (QED) is 0.786. The van der Waals surface area contributed by atoms with Crippen LogP contribution in [0.25, 0.3) is 0 Å². The molecule has 1 aromatic rings. The van der Waals surface area contributed by atoms with Gasteiger partial charge in [-0.3, -0.25) is 4.79 Å². The molecule has 18 heavy (non-hydrogen) atoms. The van der Waals surface area contributed by atoms with Crippen LogP contribution in [0.2, 0.25) is 0 Å². The van der Waals surface area contributed by atoms with Crippen molar-refractivity contribution in [2.45, 2.75) is 11.8 Å². The van der Waals surface area contributed by atoms with E-state index < -0.39 is 27.7 Å². The summed E-state index contributed by atoms with van der Waals surface area (Å²) < 4.78 is 40.4. The SMILES string of the molecule is CC(COc1ccc(S(N)(=O)=O)cc1F)C(N)=O. The van der Waals surface area contributed by atoms with Gasteiger partial charge in [-0.05, 0) is 18.2 Å². The Bertz CT molecular complexity index is 559. The number of amides is 1. The molecular weight excluding hydrogens is 263 g/mol. The zero-order valence-electron chi connectivity index (χ0n) is 9.59. The van der Waals surface area contributed by atoms with Crippen LogP contribution >= 0.6 is 0 Å². The Hall–Kier alpha value is -1.67. The molecule has 6 nitrogen and oxygen atoms in total. The number of sulfonamides is 1. The van der Waals surface area contributed by atoms with Crippen molar-refractivity contribution in [3.8, 4) is 5.75 Å². The lowest BCUT2D eigenvalue weighted by molar-refractivity contribution is -0.122. The summed E-state index contributed by atoms with van der Waals surface area (Å²) in [7, 11) is -3.96. The lowest BCUT2D eigenvalue weighted by atomic mass is 10.2. The molecule has 0 aromatic heterocycles. The summed E-state index contributed by atoms with van der Waals surface area (Å²) in [5, 5.41) is 4.84. The molecule has 0 aliphatic carbocycles. The number of carbonyl (C=O) groups is 1. The number of benzene rings is 1. The Labute approximate surface area is 104 Å². The molecule has 0 aliphatic rings. The highest BCUT2D eigenvalue weighted by Gasteiger charge is 2.14. The number of halogens is 1. The zero-order chi connectivity index (χ0) is 13.9. The van der Waals surface area contributed by atoms with Crippen LogP contribution in [0.15, 0.2) is 23.1 Å². The molecule has 1 unspecified atom stereocenters. The number of ether oxygens (including phenoxy) is 1. The van der Waals surface area contributed by atoms with Gasteiger partial charge in [0.25, 0.3) is 0 Å². The van der Waals surface area contributed by atoms with Crippen molar-refractivity contribution in [1.82, 2.24) is 0 Å². The first-order chi connectivity index (χ1) is 8.21. The van der Waals surface area contributed by atoms with E-state index in [2.05, 4.69) is 0 Å². The van der Waals surface area contributed by atoms with E-state index in [1.165, 1.54) is 6.92 Å². The minimum absolute atomic E-state index is 0.0963.